The summed E-state index contributed by atoms with van der Waals surface area (Å²) >= 11 is 0. The molecular formula is C14H21NO2. The van der Waals surface area contributed by atoms with Crippen molar-refractivity contribution in [1.29, 1.82) is 0 Å². The predicted molar refractivity (Wildman–Crippen MR) is 70.8 cm³/mol. The number of benzene rings is 1. The maximum Gasteiger partial charge on any atom is 0.152 e. The van der Waals surface area contributed by atoms with Crippen molar-refractivity contribution in [2.75, 3.05) is 25.1 Å². The summed E-state index contributed by atoms with van der Waals surface area (Å²) < 4.78 is 0. The van der Waals surface area contributed by atoms with Crippen LogP contribution < -0.4 is 4.90 Å². The Kier molecular flexibility index (Phi) is 5.70. The van der Waals surface area contributed by atoms with Crippen LogP contribution in [0.1, 0.15) is 35.2 Å². The Balaban J connectivity index is 2.61. The number of rotatable bonds is 7. The average Bonchev–Trinajstić information content (AvgIpc) is 2.34. The minimum atomic E-state index is 0.258. The molecule has 1 N–H and O–H groups in total. The van der Waals surface area contributed by atoms with Gasteiger partial charge in [0.25, 0.3) is 0 Å². The Morgan fingerprint density at radius 1 is 1.29 bits per heavy atom. The monoisotopic (exact) mass is 235 g/mol. The number of unbranched alkanes of at least 4 members (excludes halogenated alkanes) is 2. The topological polar surface area (TPSA) is 40.5 Å². The lowest BCUT2D eigenvalue weighted by Gasteiger charge is -2.21. The maximum absolute atomic E-state index is 11.0. The van der Waals surface area contributed by atoms with Crippen molar-refractivity contribution in [3.05, 3.63) is 29.3 Å². The zero-order chi connectivity index (χ0) is 12.7. The molecule has 0 aliphatic rings. The molecule has 94 valence electrons. The summed E-state index contributed by atoms with van der Waals surface area (Å²) in [5, 5.41) is 8.70. The summed E-state index contributed by atoms with van der Waals surface area (Å²) in [5.74, 6) is 0. The molecule has 0 bridgehead atoms. The summed E-state index contributed by atoms with van der Waals surface area (Å²) in [6.45, 7) is 3.15. The van der Waals surface area contributed by atoms with Crippen LogP contribution in [0, 0.1) is 6.92 Å². The number of aldehydes is 1. The molecule has 0 amide bonds. The third kappa shape index (κ3) is 4.19. The summed E-state index contributed by atoms with van der Waals surface area (Å²) in [6.07, 6.45) is 3.81. The van der Waals surface area contributed by atoms with Gasteiger partial charge in [0.15, 0.2) is 6.29 Å². The fraction of sp³-hybridized carbons (Fsp3) is 0.500. The van der Waals surface area contributed by atoms with Crippen LogP contribution in [0.3, 0.4) is 0 Å². The van der Waals surface area contributed by atoms with Gasteiger partial charge in [-0.1, -0.05) is 11.6 Å². The van der Waals surface area contributed by atoms with Crippen LogP contribution in [0.4, 0.5) is 5.69 Å². The van der Waals surface area contributed by atoms with Crippen molar-refractivity contribution in [1.82, 2.24) is 0 Å². The molecule has 1 rings (SSSR count). The van der Waals surface area contributed by atoms with E-state index in [4.69, 9.17) is 5.11 Å². The Morgan fingerprint density at radius 2 is 2.06 bits per heavy atom. The summed E-state index contributed by atoms with van der Waals surface area (Å²) in [4.78, 5) is 13.1. The van der Waals surface area contributed by atoms with E-state index >= 15 is 0 Å². The zero-order valence-corrected chi connectivity index (χ0v) is 10.6. The standard InChI is InChI=1S/C14H21NO2/c1-12-6-7-14(13(10-12)11-17)15(2)8-4-3-5-9-16/h6-7,10-11,16H,3-5,8-9H2,1-2H3. The summed E-state index contributed by atoms with van der Waals surface area (Å²) in [6, 6.07) is 5.92. The third-order valence-corrected chi connectivity index (χ3v) is 2.87. The molecule has 0 heterocycles. The SMILES string of the molecule is Cc1ccc(N(C)CCCCCO)c(C=O)c1. The summed E-state index contributed by atoms with van der Waals surface area (Å²) in [7, 11) is 2.00. The van der Waals surface area contributed by atoms with E-state index in [-0.39, 0.29) is 6.61 Å². The molecule has 0 aliphatic heterocycles. The first-order valence-electron chi connectivity index (χ1n) is 6.07. The van der Waals surface area contributed by atoms with Gasteiger partial charge in [-0.2, -0.15) is 0 Å². The van der Waals surface area contributed by atoms with Gasteiger partial charge in [-0.15, -0.1) is 0 Å². The average molecular weight is 235 g/mol. The smallest absolute Gasteiger partial charge is 0.152 e. The molecule has 0 aromatic heterocycles. The molecule has 0 atom stereocenters. The van der Waals surface area contributed by atoms with Crippen LogP contribution in [-0.4, -0.2) is 31.6 Å². The fourth-order valence-electron chi connectivity index (χ4n) is 1.87. The van der Waals surface area contributed by atoms with Crippen LogP contribution in [0.15, 0.2) is 18.2 Å². The first-order valence-corrected chi connectivity index (χ1v) is 6.07. The molecule has 1 aromatic rings. The van der Waals surface area contributed by atoms with Crippen molar-refractivity contribution >= 4 is 12.0 Å². The van der Waals surface area contributed by atoms with Gasteiger partial charge < -0.3 is 10.0 Å². The van der Waals surface area contributed by atoms with Gasteiger partial charge in [0.05, 0.1) is 0 Å². The van der Waals surface area contributed by atoms with Crippen LogP contribution in [0.25, 0.3) is 0 Å². The van der Waals surface area contributed by atoms with Crippen molar-refractivity contribution in [3.63, 3.8) is 0 Å². The van der Waals surface area contributed by atoms with Crippen LogP contribution in [-0.2, 0) is 0 Å². The summed E-state index contributed by atoms with van der Waals surface area (Å²) in [5.41, 5.74) is 2.83. The molecule has 0 spiro atoms. The zero-order valence-electron chi connectivity index (χ0n) is 10.6. The second-order valence-corrected chi connectivity index (χ2v) is 4.39. The molecule has 17 heavy (non-hydrogen) atoms. The minimum Gasteiger partial charge on any atom is -0.396 e. The first kappa shape index (κ1) is 13.7. The molecule has 3 heteroatoms. The number of aliphatic hydroxyl groups excluding tert-OH is 1. The van der Waals surface area contributed by atoms with Crippen molar-refractivity contribution in [2.24, 2.45) is 0 Å². The number of anilines is 1. The molecular weight excluding hydrogens is 214 g/mol. The second kappa shape index (κ2) is 7.07. The second-order valence-electron chi connectivity index (χ2n) is 4.39. The van der Waals surface area contributed by atoms with E-state index in [2.05, 4.69) is 4.90 Å². The van der Waals surface area contributed by atoms with Crippen LogP contribution in [0.5, 0.6) is 0 Å². The van der Waals surface area contributed by atoms with E-state index in [9.17, 15) is 4.79 Å². The Morgan fingerprint density at radius 3 is 2.71 bits per heavy atom. The molecule has 0 saturated carbocycles. The maximum atomic E-state index is 11.0. The van der Waals surface area contributed by atoms with E-state index in [1.807, 2.05) is 32.2 Å². The number of nitrogens with zero attached hydrogens (tertiary/aromatic N) is 1. The molecule has 0 radical (unpaired) electrons. The highest BCUT2D eigenvalue weighted by Gasteiger charge is 2.06. The lowest BCUT2D eigenvalue weighted by molar-refractivity contribution is 0.112. The van der Waals surface area contributed by atoms with Gasteiger partial charge in [0, 0.05) is 31.5 Å². The van der Waals surface area contributed by atoms with Gasteiger partial charge in [0.1, 0.15) is 0 Å². The van der Waals surface area contributed by atoms with Gasteiger partial charge in [-0.3, -0.25) is 4.79 Å². The van der Waals surface area contributed by atoms with Crippen molar-refractivity contribution in [2.45, 2.75) is 26.2 Å². The number of aliphatic hydroxyl groups is 1. The van der Waals surface area contributed by atoms with Gasteiger partial charge >= 0.3 is 0 Å². The van der Waals surface area contributed by atoms with E-state index in [1.54, 1.807) is 0 Å². The molecule has 0 fully saturated rings. The Hall–Kier alpha value is -1.35. The van der Waals surface area contributed by atoms with Crippen molar-refractivity contribution in [3.8, 4) is 0 Å². The van der Waals surface area contributed by atoms with Crippen LogP contribution in [0.2, 0.25) is 0 Å². The highest BCUT2D eigenvalue weighted by molar-refractivity contribution is 5.84. The van der Waals surface area contributed by atoms with E-state index in [0.717, 1.165) is 48.9 Å². The molecule has 0 aliphatic carbocycles. The molecule has 0 saturated heterocycles. The number of hydrogen-bond acceptors (Lipinski definition) is 3. The highest BCUT2D eigenvalue weighted by Crippen LogP contribution is 2.19. The lowest BCUT2D eigenvalue weighted by Crippen LogP contribution is -2.20. The largest absolute Gasteiger partial charge is 0.396 e. The lowest BCUT2D eigenvalue weighted by atomic mass is 10.1. The normalized spacial score (nSPS) is 10.3. The van der Waals surface area contributed by atoms with Crippen molar-refractivity contribution < 1.29 is 9.90 Å². The van der Waals surface area contributed by atoms with Gasteiger partial charge in [0.2, 0.25) is 0 Å². The number of carbonyl (C=O) groups excluding carboxylic acids is 1. The minimum absolute atomic E-state index is 0.258. The van der Waals surface area contributed by atoms with E-state index in [1.165, 1.54) is 0 Å². The third-order valence-electron chi connectivity index (χ3n) is 2.87. The first-order chi connectivity index (χ1) is 8.19. The Bertz CT molecular complexity index is 363. The number of carbonyl (C=O) groups is 1. The molecule has 3 nitrogen and oxygen atoms in total. The molecule has 0 unspecified atom stereocenters. The predicted octanol–water partition coefficient (Wildman–Crippen LogP) is 2.41. The highest BCUT2D eigenvalue weighted by atomic mass is 16.2. The number of hydrogen-bond donors (Lipinski definition) is 1. The fourth-order valence-corrected chi connectivity index (χ4v) is 1.87. The Labute approximate surface area is 103 Å². The van der Waals surface area contributed by atoms with Gasteiger partial charge in [-0.05, 0) is 38.3 Å². The van der Waals surface area contributed by atoms with Gasteiger partial charge in [-0.25, -0.2) is 0 Å². The van der Waals surface area contributed by atoms with E-state index in [0.29, 0.717) is 0 Å². The number of aryl methyl sites for hydroxylation is 1. The van der Waals surface area contributed by atoms with E-state index < -0.39 is 0 Å². The van der Waals surface area contributed by atoms with Crippen LogP contribution >= 0.6 is 0 Å². The quantitative estimate of drug-likeness (QED) is 0.583. The molecule has 1 aromatic carbocycles.